The van der Waals surface area contributed by atoms with Crippen LogP contribution in [-0.4, -0.2) is 4.98 Å². The minimum Gasteiger partial charge on any atom is -0.324 e. The van der Waals surface area contributed by atoms with E-state index in [9.17, 15) is 0 Å². The van der Waals surface area contributed by atoms with Crippen molar-refractivity contribution in [3.8, 4) is 0 Å². The fourth-order valence-corrected chi connectivity index (χ4v) is 1.71. The maximum atomic E-state index is 5.99. The Morgan fingerprint density at radius 1 is 1.27 bits per heavy atom. The van der Waals surface area contributed by atoms with E-state index in [1.54, 1.807) is 0 Å². The predicted octanol–water partition coefficient (Wildman–Crippen LogP) is 2.95. The van der Waals surface area contributed by atoms with Crippen molar-refractivity contribution in [2.75, 3.05) is 0 Å². The van der Waals surface area contributed by atoms with E-state index in [-0.39, 0.29) is 6.04 Å². The molecule has 2 heteroatoms. The van der Waals surface area contributed by atoms with E-state index < -0.39 is 0 Å². The van der Waals surface area contributed by atoms with Crippen LogP contribution in [0.5, 0.6) is 0 Å². The number of rotatable bonds is 2. The Balaban J connectivity index is 2.52. The van der Waals surface area contributed by atoms with Gasteiger partial charge in [0, 0.05) is 17.1 Å². The van der Waals surface area contributed by atoms with Crippen LogP contribution in [-0.2, 0) is 0 Å². The van der Waals surface area contributed by atoms with Crippen molar-refractivity contribution in [2.45, 2.75) is 26.3 Å². The van der Waals surface area contributed by atoms with Crippen molar-refractivity contribution in [3.63, 3.8) is 0 Å². The van der Waals surface area contributed by atoms with Gasteiger partial charge in [0.05, 0.1) is 5.52 Å². The monoisotopic (exact) mass is 200 g/mol. The molecule has 0 bridgehead atoms. The van der Waals surface area contributed by atoms with Crippen molar-refractivity contribution in [1.29, 1.82) is 0 Å². The average molecular weight is 200 g/mol. The van der Waals surface area contributed by atoms with Crippen LogP contribution >= 0.6 is 0 Å². The first-order valence-electron chi connectivity index (χ1n) is 5.33. The van der Waals surface area contributed by atoms with Gasteiger partial charge in [-0.05, 0) is 37.1 Å². The number of hydrogen-bond acceptors (Lipinski definition) is 2. The van der Waals surface area contributed by atoms with Gasteiger partial charge in [-0.2, -0.15) is 0 Å². The Bertz CT molecular complexity index is 477. The zero-order chi connectivity index (χ0) is 10.8. The fraction of sp³-hybridized carbons (Fsp3) is 0.308. The second-order valence-corrected chi connectivity index (χ2v) is 3.92. The summed E-state index contributed by atoms with van der Waals surface area (Å²) in [5, 5.41) is 1.17. The summed E-state index contributed by atoms with van der Waals surface area (Å²) in [5.74, 6) is 0. The third-order valence-electron chi connectivity index (χ3n) is 2.72. The molecule has 0 radical (unpaired) electrons. The van der Waals surface area contributed by atoms with Gasteiger partial charge >= 0.3 is 0 Å². The fourth-order valence-electron chi connectivity index (χ4n) is 1.71. The number of aryl methyl sites for hydroxylation is 1. The van der Waals surface area contributed by atoms with E-state index in [0.29, 0.717) is 0 Å². The highest BCUT2D eigenvalue weighted by Crippen LogP contribution is 2.19. The number of hydrogen-bond donors (Lipinski definition) is 1. The molecule has 2 N–H and O–H groups in total. The Morgan fingerprint density at radius 2 is 2.07 bits per heavy atom. The van der Waals surface area contributed by atoms with E-state index in [1.807, 2.05) is 19.1 Å². The smallest absolute Gasteiger partial charge is 0.0705 e. The van der Waals surface area contributed by atoms with Crippen LogP contribution < -0.4 is 5.73 Å². The van der Waals surface area contributed by atoms with Crippen LogP contribution in [0.15, 0.2) is 30.3 Å². The van der Waals surface area contributed by atoms with E-state index in [4.69, 9.17) is 5.73 Å². The van der Waals surface area contributed by atoms with Crippen LogP contribution in [0.3, 0.4) is 0 Å². The number of nitrogens with two attached hydrogens (primary N) is 1. The molecule has 2 nitrogen and oxygen atoms in total. The lowest BCUT2D eigenvalue weighted by atomic mass is 10.0. The lowest BCUT2D eigenvalue weighted by molar-refractivity contribution is 0.699. The molecule has 0 saturated heterocycles. The lowest BCUT2D eigenvalue weighted by Crippen LogP contribution is -2.08. The van der Waals surface area contributed by atoms with Crippen molar-refractivity contribution in [1.82, 2.24) is 4.98 Å². The Morgan fingerprint density at radius 3 is 2.80 bits per heavy atom. The molecule has 15 heavy (non-hydrogen) atoms. The molecular weight excluding hydrogens is 184 g/mol. The molecule has 1 atom stereocenters. The molecule has 0 aliphatic rings. The molecule has 78 valence electrons. The van der Waals surface area contributed by atoms with Gasteiger partial charge in [0.25, 0.3) is 0 Å². The zero-order valence-corrected chi connectivity index (χ0v) is 9.20. The predicted molar refractivity (Wildman–Crippen MR) is 63.7 cm³/mol. The summed E-state index contributed by atoms with van der Waals surface area (Å²) in [6.45, 7) is 4.10. The van der Waals surface area contributed by atoms with Crippen LogP contribution in [0.1, 0.15) is 30.6 Å². The van der Waals surface area contributed by atoms with Crippen molar-refractivity contribution in [2.24, 2.45) is 5.73 Å². The minimum atomic E-state index is 0.135. The van der Waals surface area contributed by atoms with Crippen LogP contribution in [0.25, 0.3) is 10.9 Å². The molecule has 1 aromatic carbocycles. The summed E-state index contributed by atoms with van der Waals surface area (Å²) < 4.78 is 0. The van der Waals surface area contributed by atoms with E-state index >= 15 is 0 Å². The van der Waals surface area contributed by atoms with Crippen LogP contribution in [0.4, 0.5) is 0 Å². The summed E-state index contributed by atoms with van der Waals surface area (Å²) in [5.41, 5.74) is 9.28. The maximum absolute atomic E-state index is 5.99. The molecule has 1 heterocycles. The zero-order valence-electron chi connectivity index (χ0n) is 9.20. The van der Waals surface area contributed by atoms with Crippen molar-refractivity contribution in [3.05, 3.63) is 41.6 Å². The largest absolute Gasteiger partial charge is 0.324 e. The van der Waals surface area contributed by atoms with Gasteiger partial charge < -0.3 is 5.73 Å². The molecule has 2 rings (SSSR count). The number of aromatic nitrogens is 1. The number of pyridine rings is 1. The lowest BCUT2D eigenvalue weighted by Gasteiger charge is -2.09. The molecule has 0 aliphatic carbocycles. The third-order valence-corrected chi connectivity index (χ3v) is 2.72. The summed E-state index contributed by atoms with van der Waals surface area (Å²) in [7, 11) is 0. The minimum absolute atomic E-state index is 0.135. The highest BCUT2D eigenvalue weighted by Gasteiger charge is 2.04. The van der Waals surface area contributed by atoms with Gasteiger partial charge in [-0.15, -0.1) is 0 Å². The highest BCUT2D eigenvalue weighted by molar-refractivity contribution is 5.79. The molecule has 0 spiro atoms. The van der Waals surface area contributed by atoms with Crippen molar-refractivity contribution < 1.29 is 0 Å². The van der Waals surface area contributed by atoms with Gasteiger partial charge in [-0.1, -0.05) is 19.1 Å². The Hall–Kier alpha value is -1.41. The van der Waals surface area contributed by atoms with Gasteiger partial charge in [0.1, 0.15) is 0 Å². The molecular formula is C13H16N2. The van der Waals surface area contributed by atoms with Crippen molar-refractivity contribution >= 4 is 10.9 Å². The topological polar surface area (TPSA) is 38.9 Å². The first-order chi connectivity index (χ1) is 7.20. The van der Waals surface area contributed by atoms with E-state index in [2.05, 4.69) is 30.1 Å². The maximum Gasteiger partial charge on any atom is 0.0705 e. The molecule has 1 unspecified atom stereocenters. The Labute approximate surface area is 90.1 Å². The Kier molecular flexibility index (Phi) is 2.69. The first kappa shape index (κ1) is 10.1. The third kappa shape index (κ3) is 2.00. The van der Waals surface area contributed by atoms with Gasteiger partial charge in [0.15, 0.2) is 0 Å². The van der Waals surface area contributed by atoms with E-state index in [1.165, 1.54) is 10.9 Å². The van der Waals surface area contributed by atoms with Gasteiger partial charge in [0.2, 0.25) is 0 Å². The standard InChI is InChI=1S/C13H16N2/c1-3-12(14)10-6-7-13-11(8-10)5-4-9(2)15-13/h4-8,12H,3,14H2,1-2H3. The molecule has 1 aromatic heterocycles. The van der Waals surface area contributed by atoms with Gasteiger partial charge in [-0.25, -0.2) is 0 Å². The van der Waals surface area contributed by atoms with E-state index in [0.717, 1.165) is 17.6 Å². The molecule has 0 amide bonds. The summed E-state index contributed by atoms with van der Waals surface area (Å²) in [4.78, 5) is 4.46. The molecule has 0 fully saturated rings. The SMILES string of the molecule is CCC(N)c1ccc2nc(C)ccc2c1. The summed E-state index contributed by atoms with van der Waals surface area (Å²) in [6.07, 6.45) is 0.963. The molecule has 0 saturated carbocycles. The number of nitrogens with zero attached hydrogens (tertiary/aromatic N) is 1. The number of benzene rings is 1. The first-order valence-corrected chi connectivity index (χ1v) is 5.33. The second kappa shape index (κ2) is 3.99. The molecule has 2 aromatic rings. The summed E-state index contributed by atoms with van der Waals surface area (Å²) >= 11 is 0. The quantitative estimate of drug-likeness (QED) is 0.809. The van der Waals surface area contributed by atoms with Crippen LogP contribution in [0.2, 0.25) is 0 Å². The van der Waals surface area contributed by atoms with Gasteiger partial charge in [-0.3, -0.25) is 4.98 Å². The average Bonchev–Trinajstić information content (AvgIpc) is 2.27. The molecule has 0 aliphatic heterocycles. The van der Waals surface area contributed by atoms with Crippen LogP contribution in [0, 0.1) is 6.92 Å². The highest BCUT2D eigenvalue weighted by atomic mass is 14.7. The normalized spacial score (nSPS) is 13.0. The summed E-state index contributed by atoms with van der Waals surface area (Å²) in [6, 6.07) is 10.5. The second-order valence-electron chi connectivity index (χ2n) is 3.92. The number of fused-ring (bicyclic) bond motifs is 1.